The summed E-state index contributed by atoms with van der Waals surface area (Å²) in [7, 11) is 0. The lowest BCUT2D eigenvalue weighted by Crippen LogP contribution is -2.32. The Kier molecular flexibility index (Phi) is 8.90. The van der Waals surface area contributed by atoms with Crippen LogP contribution in [-0.4, -0.2) is 24.8 Å². The van der Waals surface area contributed by atoms with Crippen LogP contribution in [0.5, 0.6) is 0 Å². The minimum Gasteiger partial charge on any atom is -0.382 e. The molecular weight excluding hydrogens is 402 g/mol. The number of amidine groups is 1. The van der Waals surface area contributed by atoms with Crippen LogP contribution >= 0.6 is 0 Å². The summed E-state index contributed by atoms with van der Waals surface area (Å²) in [6, 6.07) is 15.2. The van der Waals surface area contributed by atoms with E-state index in [9.17, 15) is 4.79 Å². The fourth-order valence-electron chi connectivity index (χ4n) is 3.56. The highest BCUT2D eigenvalue weighted by atomic mass is 16.1. The summed E-state index contributed by atoms with van der Waals surface area (Å²) in [5.41, 5.74) is 16.8. The quantitative estimate of drug-likeness (QED) is 0.197. The minimum absolute atomic E-state index is 0. The SMILES string of the molecule is CC(C)CN(CC(C)C)c1ccc(-c2ccccc2/C(N)=N/N=N)cc1NC(=O)CC#N.[HH].[HH]. The second kappa shape index (κ2) is 11.6. The van der Waals surface area contributed by atoms with Gasteiger partial charge >= 0.3 is 0 Å². The van der Waals surface area contributed by atoms with E-state index in [1.165, 1.54) is 0 Å². The molecule has 0 heterocycles. The lowest BCUT2D eigenvalue weighted by atomic mass is 9.97. The lowest BCUT2D eigenvalue weighted by Gasteiger charge is -2.30. The number of benzene rings is 2. The number of carbonyl (C=O) groups excluding carboxylic acids is 1. The third-order valence-corrected chi connectivity index (χ3v) is 4.69. The smallest absolute Gasteiger partial charge is 0.238 e. The summed E-state index contributed by atoms with van der Waals surface area (Å²) in [5.74, 6) is 0.640. The van der Waals surface area contributed by atoms with E-state index in [4.69, 9.17) is 16.5 Å². The minimum atomic E-state index is -0.359. The summed E-state index contributed by atoms with van der Waals surface area (Å²) < 4.78 is 0. The number of nitriles is 1. The van der Waals surface area contributed by atoms with Crippen molar-refractivity contribution in [1.82, 2.24) is 0 Å². The van der Waals surface area contributed by atoms with Crippen molar-refractivity contribution in [3.8, 4) is 17.2 Å². The molecule has 0 aliphatic rings. The van der Waals surface area contributed by atoms with Crippen LogP contribution in [0, 0.1) is 28.7 Å². The number of nitrogens with one attached hydrogen (secondary N) is 2. The third kappa shape index (κ3) is 6.64. The van der Waals surface area contributed by atoms with E-state index in [-0.39, 0.29) is 21.0 Å². The van der Waals surface area contributed by atoms with E-state index < -0.39 is 0 Å². The van der Waals surface area contributed by atoms with Crippen LogP contribution in [0.4, 0.5) is 11.4 Å². The molecule has 0 unspecified atom stereocenters. The first-order valence-electron chi connectivity index (χ1n) is 10.6. The first-order chi connectivity index (χ1) is 15.3. The molecule has 4 N–H and O–H groups in total. The molecule has 0 radical (unpaired) electrons. The largest absolute Gasteiger partial charge is 0.382 e. The van der Waals surface area contributed by atoms with E-state index in [1.54, 1.807) is 0 Å². The Morgan fingerprint density at radius 1 is 1.19 bits per heavy atom. The van der Waals surface area contributed by atoms with Gasteiger partial charge in [-0.3, -0.25) is 4.79 Å². The van der Waals surface area contributed by atoms with E-state index >= 15 is 0 Å². The molecule has 0 saturated heterocycles. The Hall–Kier alpha value is -3.73. The summed E-state index contributed by atoms with van der Waals surface area (Å²) in [6.45, 7) is 10.3. The van der Waals surface area contributed by atoms with Gasteiger partial charge in [-0.1, -0.05) is 63.3 Å². The van der Waals surface area contributed by atoms with Crippen LogP contribution < -0.4 is 16.0 Å². The van der Waals surface area contributed by atoms with Gasteiger partial charge in [0.25, 0.3) is 0 Å². The lowest BCUT2D eigenvalue weighted by molar-refractivity contribution is -0.115. The van der Waals surface area contributed by atoms with Crippen LogP contribution in [-0.2, 0) is 4.79 Å². The second-order valence-electron chi connectivity index (χ2n) is 8.44. The van der Waals surface area contributed by atoms with Gasteiger partial charge in [-0.25, -0.2) is 0 Å². The Balaban J connectivity index is 0.00000544. The highest BCUT2D eigenvalue weighted by Gasteiger charge is 2.18. The number of nitrogens with zero attached hydrogens (tertiary/aromatic N) is 4. The number of hydrogen-bond acceptors (Lipinski definition) is 5. The first kappa shape index (κ1) is 24.5. The van der Waals surface area contributed by atoms with Crippen LogP contribution in [0.1, 0.15) is 42.5 Å². The predicted molar refractivity (Wildman–Crippen MR) is 133 cm³/mol. The molecule has 32 heavy (non-hydrogen) atoms. The zero-order chi connectivity index (χ0) is 23.7. The predicted octanol–water partition coefficient (Wildman–Crippen LogP) is 5.47. The molecule has 0 aliphatic heterocycles. The van der Waals surface area contributed by atoms with Gasteiger partial charge in [0.2, 0.25) is 5.91 Å². The van der Waals surface area contributed by atoms with Crippen molar-refractivity contribution in [2.45, 2.75) is 34.1 Å². The van der Waals surface area contributed by atoms with Crippen molar-refractivity contribution in [1.29, 1.82) is 10.8 Å². The third-order valence-electron chi connectivity index (χ3n) is 4.69. The summed E-state index contributed by atoms with van der Waals surface area (Å²) in [5, 5.41) is 18.5. The van der Waals surface area contributed by atoms with E-state index in [0.717, 1.165) is 29.9 Å². The molecule has 1 amide bonds. The van der Waals surface area contributed by atoms with Crippen molar-refractivity contribution in [2.75, 3.05) is 23.3 Å². The second-order valence-corrected chi connectivity index (χ2v) is 8.44. The molecule has 0 bridgehead atoms. The van der Waals surface area contributed by atoms with Crippen molar-refractivity contribution >= 4 is 23.1 Å². The monoisotopic (exact) mass is 437 g/mol. The zero-order valence-electron chi connectivity index (χ0n) is 19.1. The summed E-state index contributed by atoms with van der Waals surface area (Å²) in [4.78, 5) is 14.6. The molecular formula is C24H35N7O. The summed E-state index contributed by atoms with van der Waals surface area (Å²) >= 11 is 0. The number of nitrogens with two attached hydrogens (primary N) is 1. The highest BCUT2D eigenvalue weighted by Crippen LogP contribution is 2.34. The molecule has 2 aromatic carbocycles. The molecule has 2 rings (SSSR count). The van der Waals surface area contributed by atoms with E-state index in [2.05, 4.69) is 48.2 Å². The number of carbonyl (C=O) groups is 1. The average Bonchev–Trinajstić information content (AvgIpc) is 2.73. The van der Waals surface area contributed by atoms with Gasteiger partial charge in [0.1, 0.15) is 6.42 Å². The molecule has 0 saturated carbocycles. The van der Waals surface area contributed by atoms with Gasteiger partial charge in [0, 0.05) is 21.5 Å². The van der Waals surface area contributed by atoms with Gasteiger partial charge in [-0.15, -0.1) is 5.10 Å². The van der Waals surface area contributed by atoms with E-state index in [0.29, 0.717) is 23.1 Å². The van der Waals surface area contributed by atoms with Crippen molar-refractivity contribution < 1.29 is 7.65 Å². The number of anilines is 2. The van der Waals surface area contributed by atoms with Crippen LogP contribution in [0.3, 0.4) is 0 Å². The van der Waals surface area contributed by atoms with Crippen LogP contribution in [0.25, 0.3) is 11.1 Å². The molecule has 0 aliphatic carbocycles. The van der Waals surface area contributed by atoms with Gasteiger partial charge in [0.05, 0.1) is 17.4 Å². The summed E-state index contributed by atoms with van der Waals surface area (Å²) in [6.07, 6.45) is -0.223. The van der Waals surface area contributed by atoms with Crippen molar-refractivity contribution in [3.63, 3.8) is 0 Å². The fourth-order valence-corrected chi connectivity index (χ4v) is 3.56. The Labute approximate surface area is 192 Å². The Morgan fingerprint density at radius 3 is 2.44 bits per heavy atom. The van der Waals surface area contributed by atoms with Crippen molar-refractivity contribution in [3.05, 3.63) is 48.0 Å². The van der Waals surface area contributed by atoms with Gasteiger partial charge in [-0.2, -0.15) is 10.8 Å². The Bertz CT molecular complexity index is 1020. The van der Waals surface area contributed by atoms with Crippen LogP contribution in [0.2, 0.25) is 0 Å². The van der Waals surface area contributed by atoms with Crippen molar-refractivity contribution in [2.24, 2.45) is 27.9 Å². The van der Waals surface area contributed by atoms with Crippen LogP contribution in [0.15, 0.2) is 52.8 Å². The average molecular weight is 438 g/mol. The van der Waals surface area contributed by atoms with E-state index in [1.807, 2.05) is 48.5 Å². The maximum Gasteiger partial charge on any atom is 0.238 e. The molecule has 172 valence electrons. The fraction of sp³-hybridized carbons (Fsp3) is 0.375. The highest BCUT2D eigenvalue weighted by molar-refractivity contribution is 6.04. The number of hydrogen-bond donors (Lipinski definition) is 3. The Morgan fingerprint density at radius 2 is 1.84 bits per heavy atom. The first-order valence-corrected chi connectivity index (χ1v) is 10.6. The maximum atomic E-state index is 12.3. The van der Waals surface area contributed by atoms with Gasteiger partial charge in [-0.05, 0) is 35.1 Å². The number of amides is 1. The molecule has 0 aromatic heterocycles. The molecule has 8 heteroatoms. The molecule has 0 fully saturated rings. The number of rotatable bonds is 10. The maximum absolute atomic E-state index is 12.3. The molecule has 8 nitrogen and oxygen atoms in total. The molecule has 0 spiro atoms. The zero-order valence-corrected chi connectivity index (χ0v) is 19.1. The standard InChI is InChI=1S/C24H31N7O.2H2/c1-16(2)14-31(15-17(3)4)22-10-9-18(13-21(22)28-23(32)11-12-25)19-7-5-6-8-20(19)24(26)29-30-27;;/h5-10,13,16-17H,11,14-15H2,1-4H3,(H,28,32)(H3,26,27,29);2*1H. The van der Waals surface area contributed by atoms with Gasteiger partial charge < -0.3 is 16.0 Å². The normalized spacial score (nSPS) is 11.3. The topological polar surface area (TPSA) is 131 Å². The molecule has 2 aromatic rings. The van der Waals surface area contributed by atoms with Gasteiger partial charge in [0.15, 0.2) is 5.84 Å². The molecule has 0 atom stereocenters.